The van der Waals surface area contributed by atoms with Gasteiger partial charge >= 0.3 is 0 Å². The summed E-state index contributed by atoms with van der Waals surface area (Å²) in [5.41, 5.74) is 3.06. The Balaban J connectivity index is 2.19. The third kappa shape index (κ3) is 4.13. The molecule has 0 bridgehead atoms. The van der Waals surface area contributed by atoms with Crippen LogP contribution >= 0.6 is 10.7 Å². The minimum absolute atomic E-state index is 0.00542. The summed E-state index contributed by atoms with van der Waals surface area (Å²) in [5, 5.41) is 0. The highest BCUT2D eigenvalue weighted by Crippen LogP contribution is 2.41. The second-order valence-electron chi connectivity index (χ2n) is 6.33. The van der Waals surface area contributed by atoms with Crippen LogP contribution in [0.3, 0.4) is 0 Å². The lowest BCUT2D eigenvalue weighted by molar-refractivity contribution is 0.169. The fourth-order valence-electron chi connectivity index (χ4n) is 3.19. The van der Waals surface area contributed by atoms with Gasteiger partial charge in [0.25, 0.3) is 0 Å². The minimum Gasteiger partial charge on any atom is -0.492 e. The molecule has 21 heavy (non-hydrogen) atoms. The molecule has 2 rings (SSSR count). The molecule has 0 aromatic heterocycles. The van der Waals surface area contributed by atoms with Gasteiger partial charge in [-0.3, -0.25) is 0 Å². The lowest BCUT2D eigenvalue weighted by Crippen LogP contribution is -2.32. The third-order valence-corrected chi connectivity index (χ3v) is 5.82. The molecule has 0 N–H and O–H groups in total. The van der Waals surface area contributed by atoms with E-state index in [1.54, 1.807) is 0 Å². The molecule has 1 aromatic carbocycles. The summed E-state index contributed by atoms with van der Waals surface area (Å²) >= 11 is 0. The van der Waals surface area contributed by atoms with E-state index in [-0.39, 0.29) is 11.2 Å². The zero-order valence-corrected chi connectivity index (χ0v) is 14.5. The van der Waals surface area contributed by atoms with Gasteiger partial charge in [-0.05, 0) is 50.3 Å². The van der Waals surface area contributed by atoms with Crippen molar-refractivity contribution in [3.8, 4) is 5.75 Å². The van der Waals surface area contributed by atoms with Crippen LogP contribution < -0.4 is 4.74 Å². The highest BCUT2D eigenvalue weighted by molar-refractivity contribution is 8.13. The molecule has 1 saturated carbocycles. The van der Waals surface area contributed by atoms with E-state index in [1.807, 2.05) is 19.9 Å². The topological polar surface area (TPSA) is 43.4 Å². The predicted octanol–water partition coefficient (Wildman–Crippen LogP) is 4.12. The van der Waals surface area contributed by atoms with E-state index in [0.717, 1.165) is 42.6 Å². The summed E-state index contributed by atoms with van der Waals surface area (Å²) in [5.74, 6) is 0.888. The first-order valence-electron chi connectivity index (χ1n) is 7.34. The van der Waals surface area contributed by atoms with Crippen LogP contribution in [0.2, 0.25) is 0 Å². The van der Waals surface area contributed by atoms with E-state index in [4.69, 9.17) is 15.4 Å². The van der Waals surface area contributed by atoms with Gasteiger partial charge < -0.3 is 4.74 Å². The van der Waals surface area contributed by atoms with Crippen molar-refractivity contribution in [1.82, 2.24) is 0 Å². The van der Waals surface area contributed by atoms with Crippen LogP contribution in [0.15, 0.2) is 12.1 Å². The van der Waals surface area contributed by atoms with Crippen LogP contribution in [0.5, 0.6) is 5.75 Å². The van der Waals surface area contributed by atoms with E-state index in [0.29, 0.717) is 6.61 Å². The van der Waals surface area contributed by atoms with Crippen molar-refractivity contribution in [2.24, 2.45) is 5.41 Å². The van der Waals surface area contributed by atoms with Crippen molar-refractivity contribution >= 4 is 19.7 Å². The number of benzene rings is 1. The first-order valence-corrected chi connectivity index (χ1v) is 9.82. The van der Waals surface area contributed by atoms with Crippen molar-refractivity contribution in [3.63, 3.8) is 0 Å². The number of halogens is 1. The monoisotopic (exact) mass is 330 g/mol. The zero-order chi connectivity index (χ0) is 15.7. The Morgan fingerprint density at radius 1 is 1.14 bits per heavy atom. The maximum atomic E-state index is 11.5. The molecule has 0 radical (unpaired) electrons. The molecule has 0 heterocycles. The smallest absolute Gasteiger partial charge is 0.233 e. The van der Waals surface area contributed by atoms with E-state index in [1.165, 1.54) is 5.56 Å². The molecule has 1 aliphatic carbocycles. The van der Waals surface area contributed by atoms with Gasteiger partial charge in [0.1, 0.15) is 5.75 Å². The maximum absolute atomic E-state index is 11.5. The van der Waals surface area contributed by atoms with Crippen LogP contribution in [0, 0.1) is 26.2 Å². The average Bonchev–Trinajstić information content (AvgIpc) is 2.80. The summed E-state index contributed by atoms with van der Waals surface area (Å²) < 4.78 is 29.1. The van der Waals surface area contributed by atoms with Crippen LogP contribution in [0.4, 0.5) is 0 Å². The molecule has 5 heteroatoms. The minimum atomic E-state index is -3.51. The molecule has 0 spiro atoms. The largest absolute Gasteiger partial charge is 0.492 e. The Morgan fingerprint density at radius 3 is 2.29 bits per heavy atom. The fraction of sp³-hybridized carbons (Fsp3) is 0.625. The van der Waals surface area contributed by atoms with Crippen molar-refractivity contribution in [2.45, 2.75) is 46.5 Å². The highest BCUT2D eigenvalue weighted by Gasteiger charge is 2.38. The summed E-state index contributed by atoms with van der Waals surface area (Å²) in [7, 11) is 1.98. The molecule has 118 valence electrons. The van der Waals surface area contributed by atoms with Crippen molar-refractivity contribution in [2.75, 3.05) is 12.4 Å². The second kappa shape index (κ2) is 6.17. The van der Waals surface area contributed by atoms with Crippen LogP contribution in [0.1, 0.15) is 42.4 Å². The molecular weight excluding hydrogens is 308 g/mol. The number of hydrogen-bond acceptors (Lipinski definition) is 3. The second-order valence-corrected chi connectivity index (χ2v) is 9.11. The maximum Gasteiger partial charge on any atom is 0.233 e. The molecular formula is C16H23ClO3S. The predicted molar refractivity (Wildman–Crippen MR) is 86.7 cm³/mol. The van der Waals surface area contributed by atoms with Gasteiger partial charge in [-0.25, -0.2) is 8.42 Å². The van der Waals surface area contributed by atoms with Gasteiger partial charge in [0, 0.05) is 16.1 Å². The van der Waals surface area contributed by atoms with E-state index >= 15 is 0 Å². The Labute approximate surface area is 132 Å². The van der Waals surface area contributed by atoms with Gasteiger partial charge in [0.05, 0.1) is 12.4 Å². The molecule has 0 unspecified atom stereocenters. The molecule has 0 aliphatic heterocycles. The lowest BCUT2D eigenvalue weighted by atomic mass is 9.89. The SMILES string of the molecule is Cc1ccc(C)c(OCC2(CS(=O)(=O)Cl)CCCC2)c1C. The van der Waals surface area contributed by atoms with E-state index in [2.05, 4.69) is 13.0 Å². The molecule has 0 atom stereocenters. The summed E-state index contributed by atoms with van der Waals surface area (Å²) in [4.78, 5) is 0. The van der Waals surface area contributed by atoms with Crippen molar-refractivity contribution < 1.29 is 13.2 Å². The Bertz CT molecular complexity index is 617. The van der Waals surface area contributed by atoms with Gasteiger partial charge in [-0.2, -0.15) is 0 Å². The van der Waals surface area contributed by atoms with Gasteiger partial charge in [0.15, 0.2) is 0 Å². The number of rotatable bonds is 5. The normalized spacial score (nSPS) is 17.9. The number of aryl methyl sites for hydroxylation is 2. The summed E-state index contributed by atoms with van der Waals surface area (Å²) in [6.07, 6.45) is 3.81. The third-order valence-electron chi connectivity index (χ3n) is 4.54. The molecule has 1 fully saturated rings. The number of hydrogen-bond donors (Lipinski definition) is 0. The van der Waals surface area contributed by atoms with Crippen molar-refractivity contribution in [3.05, 3.63) is 28.8 Å². The molecule has 0 amide bonds. The molecule has 0 saturated heterocycles. The summed E-state index contributed by atoms with van der Waals surface area (Å²) in [6.45, 7) is 6.53. The van der Waals surface area contributed by atoms with E-state index < -0.39 is 9.05 Å². The fourth-order valence-corrected chi connectivity index (χ4v) is 4.99. The Hall–Kier alpha value is -0.740. The molecule has 1 aliphatic rings. The van der Waals surface area contributed by atoms with Crippen LogP contribution in [0.25, 0.3) is 0 Å². The Morgan fingerprint density at radius 2 is 1.71 bits per heavy atom. The van der Waals surface area contributed by atoms with Gasteiger partial charge in [0.2, 0.25) is 9.05 Å². The Kier molecular flexibility index (Phi) is 4.89. The van der Waals surface area contributed by atoms with Crippen molar-refractivity contribution in [1.29, 1.82) is 0 Å². The average molecular weight is 331 g/mol. The van der Waals surface area contributed by atoms with Gasteiger partial charge in [-0.15, -0.1) is 0 Å². The van der Waals surface area contributed by atoms with Crippen LogP contribution in [-0.4, -0.2) is 20.8 Å². The van der Waals surface area contributed by atoms with E-state index in [9.17, 15) is 8.42 Å². The summed E-state index contributed by atoms with van der Waals surface area (Å²) in [6, 6.07) is 4.11. The number of ether oxygens (including phenoxy) is 1. The zero-order valence-electron chi connectivity index (χ0n) is 12.9. The van der Waals surface area contributed by atoms with Gasteiger partial charge in [-0.1, -0.05) is 25.0 Å². The quantitative estimate of drug-likeness (QED) is 0.763. The standard InChI is InChI=1S/C16H23ClO3S/c1-12-6-7-13(2)15(14(12)3)20-10-16(8-4-5-9-16)11-21(17,18)19/h6-7H,4-5,8-11H2,1-3H3. The molecule has 1 aromatic rings. The molecule has 3 nitrogen and oxygen atoms in total. The first-order chi connectivity index (χ1) is 9.72. The highest BCUT2D eigenvalue weighted by atomic mass is 35.7. The first kappa shape index (κ1) is 16.6. The lowest BCUT2D eigenvalue weighted by Gasteiger charge is -2.28. The van der Waals surface area contributed by atoms with Crippen LogP contribution in [-0.2, 0) is 9.05 Å².